The van der Waals surface area contributed by atoms with Crippen molar-refractivity contribution in [3.05, 3.63) is 0 Å². The van der Waals surface area contributed by atoms with Gasteiger partial charge in [0.15, 0.2) is 0 Å². The maximum Gasteiger partial charge on any atom is 0.0575 e. The average molecular weight is 213 g/mol. The van der Waals surface area contributed by atoms with Crippen molar-refractivity contribution < 1.29 is 4.74 Å². The highest BCUT2D eigenvalue weighted by molar-refractivity contribution is 4.69. The van der Waals surface area contributed by atoms with E-state index in [-0.39, 0.29) is 0 Å². The lowest BCUT2D eigenvalue weighted by Gasteiger charge is -2.26. The Morgan fingerprint density at radius 1 is 1.13 bits per heavy atom. The minimum Gasteiger partial charge on any atom is -0.378 e. The summed E-state index contributed by atoms with van der Waals surface area (Å²) in [5, 5.41) is 3.40. The first-order valence-corrected chi connectivity index (χ1v) is 6.65. The molecule has 1 saturated carbocycles. The molecule has 0 amide bonds. The van der Waals surface area contributed by atoms with Gasteiger partial charge < -0.3 is 10.1 Å². The molecular weight excluding hydrogens is 186 g/mol. The van der Waals surface area contributed by atoms with Gasteiger partial charge in [-0.15, -0.1) is 0 Å². The first-order valence-electron chi connectivity index (χ1n) is 6.65. The second-order valence-electron chi connectivity index (χ2n) is 4.86. The maximum atomic E-state index is 5.87. The number of hydrogen-bond acceptors (Lipinski definition) is 2. The van der Waals surface area contributed by atoms with Gasteiger partial charge in [0, 0.05) is 6.61 Å². The van der Waals surface area contributed by atoms with Gasteiger partial charge in [0.25, 0.3) is 0 Å². The van der Waals surface area contributed by atoms with E-state index in [2.05, 4.69) is 19.2 Å². The van der Waals surface area contributed by atoms with Crippen molar-refractivity contribution in [1.29, 1.82) is 0 Å². The summed E-state index contributed by atoms with van der Waals surface area (Å²) < 4.78 is 5.87. The van der Waals surface area contributed by atoms with Crippen molar-refractivity contribution in [3.8, 4) is 0 Å². The van der Waals surface area contributed by atoms with Crippen LogP contribution >= 0.6 is 0 Å². The van der Waals surface area contributed by atoms with Crippen LogP contribution in [0, 0.1) is 5.92 Å². The van der Waals surface area contributed by atoms with Crippen LogP contribution in [-0.4, -0.2) is 25.8 Å². The number of ether oxygens (including phenoxy) is 1. The van der Waals surface area contributed by atoms with Crippen LogP contribution in [0.4, 0.5) is 0 Å². The van der Waals surface area contributed by atoms with Gasteiger partial charge in [-0.1, -0.05) is 13.8 Å². The van der Waals surface area contributed by atoms with Gasteiger partial charge in [-0.2, -0.15) is 0 Å². The molecule has 1 fully saturated rings. The van der Waals surface area contributed by atoms with Gasteiger partial charge >= 0.3 is 0 Å². The van der Waals surface area contributed by atoms with Crippen LogP contribution in [0.3, 0.4) is 0 Å². The van der Waals surface area contributed by atoms with E-state index in [9.17, 15) is 0 Å². The van der Waals surface area contributed by atoms with E-state index in [4.69, 9.17) is 4.74 Å². The van der Waals surface area contributed by atoms with Gasteiger partial charge in [0.2, 0.25) is 0 Å². The average Bonchev–Trinajstić information content (AvgIpc) is 2.26. The minimum absolute atomic E-state index is 0.562. The van der Waals surface area contributed by atoms with E-state index < -0.39 is 0 Å². The van der Waals surface area contributed by atoms with Crippen molar-refractivity contribution in [1.82, 2.24) is 5.32 Å². The SMILES string of the molecule is CCCNCCCOC1CCC(C)CC1. The summed E-state index contributed by atoms with van der Waals surface area (Å²) in [7, 11) is 0. The Bertz CT molecular complexity index is 141. The molecule has 0 spiro atoms. The summed E-state index contributed by atoms with van der Waals surface area (Å²) in [4.78, 5) is 0. The van der Waals surface area contributed by atoms with Crippen molar-refractivity contribution in [3.63, 3.8) is 0 Å². The lowest BCUT2D eigenvalue weighted by molar-refractivity contribution is 0.0188. The molecule has 2 nitrogen and oxygen atoms in total. The van der Waals surface area contributed by atoms with E-state index in [1.54, 1.807) is 0 Å². The summed E-state index contributed by atoms with van der Waals surface area (Å²) in [6.45, 7) is 7.74. The zero-order valence-corrected chi connectivity index (χ0v) is 10.4. The molecule has 1 N–H and O–H groups in total. The Morgan fingerprint density at radius 2 is 1.87 bits per heavy atom. The van der Waals surface area contributed by atoms with E-state index in [0.29, 0.717) is 6.10 Å². The smallest absolute Gasteiger partial charge is 0.0575 e. The molecule has 2 heteroatoms. The first kappa shape index (κ1) is 13.0. The van der Waals surface area contributed by atoms with Gasteiger partial charge in [-0.3, -0.25) is 0 Å². The van der Waals surface area contributed by atoms with Crippen LogP contribution in [0.5, 0.6) is 0 Å². The van der Waals surface area contributed by atoms with Gasteiger partial charge in [-0.25, -0.2) is 0 Å². The fourth-order valence-corrected chi connectivity index (χ4v) is 2.15. The van der Waals surface area contributed by atoms with Crippen LogP contribution in [0.1, 0.15) is 52.4 Å². The normalized spacial score (nSPS) is 26.8. The molecule has 0 aliphatic heterocycles. The molecule has 0 aromatic rings. The van der Waals surface area contributed by atoms with E-state index >= 15 is 0 Å². The highest BCUT2D eigenvalue weighted by Gasteiger charge is 2.17. The molecule has 1 aliphatic rings. The summed E-state index contributed by atoms with van der Waals surface area (Å²) in [6.07, 6.45) is 8.23. The third-order valence-electron chi connectivity index (χ3n) is 3.24. The first-order chi connectivity index (χ1) is 7.33. The van der Waals surface area contributed by atoms with Crippen LogP contribution in [0.25, 0.3) is 0 Å². The topological polar surface area (TPSA) is 21.3 Å². The maximum absolute atomic E-state index is 5.87. The highest BCUT2D eigenvalue weighted by Crippen LogP contribution is 2.25. The Morgan fingerprint density at radius 3 is 2.53 bits per heavy atom. The van der Waals surface area contributed by atoms with Crippen molar-refractivity contribution >= 4 is 0 Å². The Balaban J connectivity index is 1.87. The van der Waals surface area contributed by atoms with Gasteiger partial charge in [-0.05, 0) is 57.5 Å². The third-order valence-corrected chi connectivity index (χ3v) is 3.24. The van der Waals surface area contributed by atoms with Crippen molar-refractivity contribution in [2.24, 2.45) is 5.92 Å². The zero-order valence-electron chi connectivity index (χ0n) is 10.4. The molecule has 0 aromatic heterocycles. The fraction of sp³-hybridized carbons (Fsp3) is 1.00. The molecule has 0 aromatic carbocycles. The minimum atomic E-state index is 0.562. The van der Waals surface area contributed by atoms with E-state index in [1.165, 1.54) is 32.1 Å². The fourth-order valence-electron chi connectivity index (χ4n) is 2.15. The molecule has 0 heterocycles. The van der Waals surface area contributed by atoms with Crippen LogP contribution in [-0.2, 0) is 4.74 Å². The summed E-state index contributed by atoms with van der Waals surface area (Å²) in [6, 6.07) is 0. The molecule has 1 aliphatic carbocycles. The van der Waals surface area contributed by atoms with Crippen LogP contribution in [0.15, 0.2) is 0 Å². The summed E-state index contributed by atoms with van der Waals surface area (Å²) in [5.74, 6) is 0.927. The molecule has 0 radical (unpaired) electrons. The van der Waals surface area contributed by atoms with Gasteiger partial charge in [0.1, 0.15) is 0 Å². The zero-order chi connectivity index (χ0) is 10.9. The molecule has 0 atom stereocenters. The summed E-state index contributed by atoms with van der Waals surface area (Å²) >= 11 is 0. The molecule has 15 heavy (non-hydrogen) atoms. The standard InChI is InChI=1S/C13H27NO/c1-3-9-14-10-4-11-15-13-7-5-12(2)6-8-13/h12-14H,3-11H2,1-2H3. The number of hydrogen-bond donors (Lipinski definition) is 1. The molecule has 1 rings (SSSR count). The number of rotatable bonds is 7. The third kappa shape index (κ3) is 6.16. The summed E-state index contributed by atoms with van der Waals surface area (Å²) in [5.41, 5.74) is 0. The highest BCUT2D eigenvalue weighted by atomic mass is 16.5. The Hall–Kier alpha value is -0.0800. The van der Waals surface area contributed by atoms with Crippen molar-refractivity contribution in [2.45, 2.75) is 58.5 Å². The predicted octanol–water partition coefficient (Wildman–Crippen LogP) is 2.97. The monoisotopic (exact) mass is 213 g/mol. The molecule has 0 unspecified atom stereocenters. The lowest BCUT2D eigenvalue weighted by Crippen LogP contribution is -2.23. The van der Waals surface area contributed by atoms with Crippen molar-refractivity contribution in [2.75, 3.05) is 19.7 Å². The van der Waals surface area contributed by atoms with Crippen LogP contribution < -0.4 is 5.32 Å². The van der Waals surface area contributed by atoms with E-state index in [1.807, 2.05) is 0 Å². The predicted molar refractivity (Wildman–Crippen MR) is 65.1 cm³/mol. The second-order valence-corrected chi connectivity index (χ2v) is 4.86. The molecule has 0 saturated heterocycles. The van der Waals surface area contributed by atoms with E-state index in [0.717, 1.165) is 32.0 Å². The number of nitrogens with one attached hydrogen (secondary N) is 1. The quantitative estimate of drug-likeness (QED) is 0.656. The molecule has 0 bridgehead atoms. The Kier molecular flexibility index (Phi) is 7.03. The van der Waals surface area contributed by atoms with Gasteiger partial charge in [0.05, 0.1) is 6.10 Å². The largest absolute Gasteiger partial charge is 0.378 e. The molecular formula is C13H27NO. The lowest BCUT2D eigenvalue weighted by atomic mass is 9.89. The van der Waals surface area contributed by atoms with Crippen LogP contribution in [0.2, 0.25) is 0 Å². The molecule has 90 valence electrons. The second kappa shape index (κ2) is 8.12. The Labute approximate surface area is 94.8 Å².